The van der Waals surface area contributed by atoms with E-state index in [-0.39, 0.29) is 0 Å². The number of aryl methyl sites for hydroxylation is 1. The van der Waals surface area contributed by atoms with Crippen molar-refractivity contribution in [2.24, 2.45) is 7.05 Å². The fourth-order valence-electron chi connectivity index (χ4n) is 2.65. The highest BCUT2D eigenvalue weighted by atomic mass is 16.5. The van der Waals surface area contributed by atoms with Gasteiger partial charge in [0.15, 0.2) is 0 Å². The third kappa shape index (κ3) is 3.43. The van der Waals surface area contributed by atoms with E-state index >= 15 is 0 Å². The van der Waals surface area contributed by atoms with Crippen molar-refractivity contribution in [3.63, 3.8) is 0 Å². The van der Waals surface area contributed by atoms with Crippen molar-refractivity contribution < 1.29 is 4.74 Å². The molecule has 0 saturated carbocycles. The number of ether oxygens (including phenoxy) is 1. The third-order valence-electron chi connectivity index (χ3n) is 3.95. The molecule has 4 heteroatoms. The fraction of sp³-hybridized carbons (Fsp3) is 0.0476. The zero-order valence-electron chi connectivity index (χ0n) is 13.8. The summed E-state index contributed by atoms with van der Waals surface area (Å²) in [6, 6.07) is 26.2. The molecular weight excluding hydrogens is 310 g/mol. The van der Waals surface area contributed by atoms with Crippen LogP contribution in [0.2, 0.25) is 0 Å². The maximum atomic E-state index is 5.83. The van der Waals surface area contributed by atoms with Crippen molar-refractivity contribution in [1.82, 2.24) is 15.0 Å². The summed E-state index contributed by atoms with van der Waals surface area (Å²) >= 11 is 0. The Bertz CT molecular complexity index is 958. The van der Waals surface area contributed by atoms with E-state index < -0.39 is 0 Å². The Kier molecular flexibility index (Phi) is 4.01. The van der Waals surface area contributed by atoms with Crippen molar-refractivity contribution >= 4 is 0 Å². The molecule has 0 atom stereocenters. The topological polar surface area (TPSA) is 39.9 Å². The summed E-state index contributed by atoms with van der Waals surface area (Å²) in [5, 5.41) is 8.11. The van der Waals surface area contributed by atoms with E-state index in [0.717, 1.165) is 33.9 Å². The van der Waals surface area contributed by atoms with E-state index in [1.54, 1.807) is 4.68 Å². The first kappa shape index (κ1) is 15.1. The predicted octanol–water partition coefficient (Wildman–Crippen LogP) is 4.94. The highest BCUT2D eigenvalue weighted by molar-refractivity contribution is 5.68. The lowest BCUT2D eigenvalue weighted by molar-refractivity contribution is 0.483. The Balaban J connectivity index is 1.52. The van der Waals surface area contributed by atoms with Crippen LogP contribution in [-0.2, 0) is 7.05 Å². The molecule has 1 heterocycles. The Morgan fingerprint density at radius 2 is 1.24 bits per heavy atom. The predicted molar refractivity (Wildman–Crippen MR) is 98.4 cm³/mol. The van der Waals surface area contributed by atoms with Gasteiger partial charge in [0.1, 0.15) is 17.2 Å². The Morgan fingerprint density at radius 3 is 1.84 bits per heavy atom. The normalized spacial score (nSPS) is 10.6. The molecule has 0 spiro atoms. The van der Waals surface area contributed by atoms with E-state index in [4.69, 9.17) is 4.74 Å². The van der Waals surface area contributed by atoms with Gasteiger partial charge in [-0.15, -0.1) is 5.10 Å². The number of hydrogen-bond acceptors (Lipinski definition) is 3. The minimum absolute atomic E-state index is 0.825. The van der Waals surface area contributed by atoms with Gasteiger partial charge in [0.25, 0.3) is 0 Å². The summed E-state index contributed by atoms with van der Waals surface area (Å²) in [6.07, 6.45) is 1.91. The van der Waals surface area contributed by atoms with Gasteiger partial charge in [-0.25, -0.2) is 0 Å². The van der Waals surface area contributed by atoms with E-state index in [1.807, 2.05) is 55.7 Å². The number of aromatic nitrogens is 3. The van der Waals surface area contributed by atoms with Crippen molar-refractivity contribution in [1.29, 1.82) is 0 Å². The average molecular weight is 327 g/mol. The van der Waals surface area contributed by atoms with Crippen LogP contribution in [0.5, 0.6) is 11.5 Å². The van der Waals surface area contributed by atoms with E-state index in [2.05, 4.69) is 46.7 Å². The summed E-state index contributed by atoms with van der Waals surface area (Å²) in [4.78, 5) is 0. The molecule has 4 nitrogen and oxygen atoms in total. The molecule has 0 fully saturated rings. The van der Waals surface area contributed by atoms with Crippen LogP contribution in [0.15, 0.2) is 85.1 Å². The maximum absolute atomic E-state index is 5.83. The van der Waals surface area contributed by atoms with Crippen LogP contribution in [0, 0.1) is 0 Å². The molecule has 0 bridgehead atoms. The van der Waals surface area contributed by atoms with Gasteiger partial charge in [-0.1, -0.05) is 59.8 Å². The van der Waals surface area contributed by atoms with Crippen molar-refractivity contribution in [3.05, 3.63) is 85.1 Å². The standard InChI is InChI=1S/C21H17N3O/c1-24-15-21(22-23-24)18-9-7-16(8-10-18)17-11-13-20(14-12-17)25-19-5-3-2-4-6-19/h2-15H,1H3. The van der Waals surface area contributed by atoms with Crippen LogP contribution in [0.1, 0.15) is 0 Å². The highest BCUT2D eigenvalue weighted by Crippen LogP contribution is 2.27. The Morgan fingerprint density at radius 1 is 0.680 bits per heavy atom. The molecule has 0 aliphatic heterocycles. The van der Waals surface area contributed by atoms with Crippen LogP contribution in [0.4, 0.5) is 0 Å². The molecular formula is C21H17N3O. The highest BCUT2D eigenvalue weighted by Gasteiger charge is 2.04. The summed E-state index contributed by atoms with van der Waals surface area (Å²) in [5.74, 6) is 1.66. The van der Waals surface area contributed by atoms with Crippen LogP contribution >= 0.6 is 0 Å². The molecule has 0 saturated heterocycles. The van der Waals surface area contributed by atoms with Crippen molar-refractivity contribution in [2.75, 3.05) is 0 Å². The lowest BCUT2D eigenvalue weighted by Crippen LogP contribution is -1.85. The monoisotopic (exact) mass is 327 g/mol. The fourth-order valence-corrected chi connectivity index (χ4v) is 2.65. The quantitative estimate of drug-likeness (QED) is 0.533. The lowest BCUT2D eigenvalue weighted by Gasteiger charge is -2.07. The van der Waals surface area contributed by atoms with Gasteiger partial charge in [-0.2, -0.15) is 0 Å². The minimum atomic E-state index is 0.825. The maximum Gasteiger partial charge on any atom is 0.127 e. The molecule has 0 aliphatic carbocycles. The van der Waals surface area contributed by atoms with E-state index in [0.29, 0.717) is 0 Å². The van der Waals surface area contributed by atoms with Crippen molar-refractivity contribution in [3.8, 4) is 33.9 Å². The molecule has 0 aliphatic rings. The van der Waals surface area contributed by atoms with Gasteiger partial charge in [-0.3, -0.25) is 4.68 Å². The molecule has 4 aromatic rings. The van der Waals surface area contributed by atoms with Gasteiger partial charge in [0.2, 0.25) is 0 Å². The largest absolute Gasteiger partial charge is 0.457 e. The zero-order chi connectivity index (χ0) is 17.1. The number of hydrogen-bond donors (Lipinski definition) is 0. The van der Waals surface area contributed by atoms with Crippen LogP contribution in [-0.4, -0.2) is 15.0 Å². The minimum Gasteiger partial charge on any atom is -0.457 e. The molecule has 0 amide bonds. The number of benzene rings is 3. The number of para-hydroxylation sites is 1. The smallest absolute Gasteiger partial charge is 0.127 e. The van der Waals surface area contributed by atoms with Crippen LogP contribution < -0.4 is 4.74 Å². The van der Waals surface area contributed by atoms with E-state index in [1.165, 1.54) is 0 Å². The third-order valence-corrected chi connectivity index (χ3v) is 3.95. The second-order valence-electron chi connectivity index (χ2n) is 5.79. The zero-order valence-corrected chi connectivity index (χ0v) is 13.8. The molecule has 0 radical (unpaired) electrons. The van der Waals surface area contributed by atoms with E-state index in [9.17, 15) is 0 Å². The van der Waals surface area contributed by atoms with Crippen LogP contribution in [0.3, 0.4) is 0 Å². The second-order valence-corrected chi connectivity index (χ2v) is 5.79. The molecule has 3 aromatic carbocycles. The van der Waals surface area contributed by atoms with Crippen molar-refractivity contribution in [2.45, 2.75) is 0 Å². The van der Waals surface area contributed by atoms with Gasteiger partial charge >= 0.3 is 0 Å². The van der Waals surface area contributed by atoms with Gasteiger partial charge < -0.3 is 4.74 Å². The SMILES string of the molecule is Cn1cc(-c2ccc(-c3ccc(Oc4ccccc4)cc3)cc2)nn1. The second kappa shape index (κ2) is 6.61. The lowest BCUT2D eigenvalue weighted by atomic mass is 10.0. The van der Waals surface area contributed by atoms with Gasteiger partial charge in [0.05, 0.1) is 6.20 Å². The number of rotatable bonds is 4. The first-order valence-corrected chi connectivity index (χ1v) is 8.08. The summed E-state index contributed by atoms with van der Waals surface area (Å²) in [6.45, 7) is 0. The summed E-state index contributed by atoms with van der Waals surface area (Å²) < 4.78 is 7.53. The first-order chi connectivity index (χ1) is 12.3. The Hall–Kier alpha value is -3.40. The summed E-state index contributed by atoms with van der Waals surface area (Å²) in [7, 11) is 1.87. The molecule has 25 heavy (non-hydrogen) atoms. The molecule has 0 N–H and O–H groups in total. The summed E-state index contributed by atoms with van der Waals surface area (Å²) in [5.41, 5.74) is 4.23. The Labute approximate surface area is 146 Å². The van der Waals surface area contributed by atoms with Crippen LogP contribution in [0.25, 0.3) is 22.4 Å². The van der Waals surface area contributed by atoms with Gasteiger partial charge in [-0.05, 0) is 35.4 Å². The molecule has 1 aromatic heterocycles. The molecule has 0 unspecified atom stereocenters. The molecule has 4 rings (SSSR count). The van der Waals surface area contributed by atoms with Gasteiger partial charge in [0, 0.05) is 12.6 Å². The molecule has 122 valence electrons. The number of nitrogens with zero attached hydrogens (tertiary/aromatic N) is 3. The average Bonchev–Trinajstić information content (AvgIpc) is 3.10. The first-order valence-electron chi connectivity index (χ1n) is 8.08.